The minimum atomic E-state index is -0.821. The summed E-state index contributed by atoms with van der Waals surface area (Å²) < 4.78 is 23.6. The van der Waals surface area contributed by atoms with Gasteiger partial charge in [-0.05, 0) is 48.4 Å². The van der Waals surface area contributed by atoms with Gasteiger partial charge in [-0.2, -0.15) is 5.26 Å². The van der Waals surface area contributed by atoms with E-state index in [-0.39, 0.29) is 35.1 Å². The highest BCUT2D eigenvalue weighted by Crippen LogP contribution is 2.37. The van der Waals surface area contributed by atoms with Crippen molar-refractivity contribution in [3.05, 3.63) is 114 Å². The molecule has 0 saturated carbocycles. The molecule has 0 amide bonds. The molecule has 0 bridgehead atoms. The number of carbonyl (C=O) groups is 1. The van der Waals surface area contributed by atoms with Gasteiger partial charge in [0.15, 0.2) is 22.9 Å². The molecule has 0 saturated heterocycles. The predicted octanol–water partition coefficient (Wildman–Crippen LogP) is 4.51. The largest absolute Gasteiger partial charge is 0.497 e. The highest BCUT2D eigenvalue weighted by molar-refractivity contribution is 7.07. The van der Waals surface area contributed by atoms with Gasteiger partial charge in [-0.25, -0.2) is 9.79 Å². The summed E-state index contributed by atoms with van der Waals surface area (Å²) in [5.74, 6) is 0.614. The minimum absolute atomic E-state index is 0.154. The molecule has 0 fully saturated rings. The standard InChI is InChI=1S/C32H26ClN3O6S/c1-4-41-31(38)26-27(20-8-6-5-7-9-20)35-32-36(28(26)21-10-12-22(39-2)13-11-21)30(37)25(43-32)18-19-16-23(33)29(42-15-14-34)24(17-19)40-3/h5-13,16-18,28H,4,15H2,1-3H3/b25-18-/t28-/m1/s1. The van der Waals surface area contributed by atoms with Crippen LogP contribution >= 0.6 is 22.9 Å². The summed E-state index contributed by atoms with van der Waals surface area (Å²) in [6.45, 7) is 1.68. The van der Waals surface area contributed by atoms with Gasteiger partial charge in [0.1, 0.15) is 11.8 Å². The first kappa shape index (κ1) is 29.6. The van der Waals surface area contributed by atoms with Gasteiger partial charge in [-0.15, -0.1) is 0 Å². The highest BCUT2D eigenvalue weighted by Gasteiger charge is 2.35. The van der Waals surface area contributed by atoms with E-state index in [1.807, 2.05) is 48.5 Å². The third-order valence-corrected chi connectivity index (χ3v) is 7.90. The number of halogens is 1. The maximum absolute atomic E-state index is 14.1. The van der Waals surface area contributed by atoms with E-state index in [0.717, 1.165) is 0 Å². The second-order valence-electron chi connectivity index (χ2n) is 9.19. The minimum Gasteiger partial charge on any atom is -0.497 e. The smallest absolute Gasteiger partial charge is 0.338 e. The molecule has 3 aromatic carbocycles. The lowest BCUT2D eigenvalue weighted by Crippen LogP contribution is -2.40. The van der Waals surface area contributed by atoms with Crippen molar-refractivity contribution in [1.82, 2.24) is 4.57 Å². The Bertz CT molecular complexity index is 1920. The first-order chi connectivity index (χ1) is 20.9. The van der Waals surface area contributed by atoms with Crippen molar-refractivity contribution in [3.8, 4) is 23.3 Å². The molecule has 2 heterocycles. The van der Waals surface area contributed by atoms with Gasteiger partial charge in [-0.1, -0.05) is 65.4 Å². The summed E-state index contributed by atoms with van der Waals surface area (Å²) in [7, 11) is 3.03. The Hall–Kier alpha value is -4.85. The number of methoxy groups -OCH3 is 2. The number of ether oxygens (including phenoxy) is 4. The Labute approximate surface area is 256 Å². The lowest BCUT2D eigenvalue weighted by atomic mass is 9.93. The van der Waals surface area contributed by atoms with Crippen LogP contribution in [0.3, 0.4) is 0 Å². The molecule has 1 aromatic heterocycles. The van der Waals surface area contributed by atoms with E-state index in [9.17, 15) is 9.59 Å². The zero-order valence-corrected chi connectivity index (χ0v) is 25.1. The molecule has 218 valence electrons. The van der Waals surface area contributed by atoms with Crippen molar-refractivity contribution >= 4 is 40.7 Å². The Morgan fingerprint density at radius 2 is 1.86 bits per heavy atom. The number of rotatable bonds is 9. The molecule has 11 heteroatoms. The summed E-state index contributed by atoms with van der Waals surface area (Å²) in [6.07, 6.45) is 1.67. The monoisotopic (exact) mass is 615 g/mol. The van der Waals surface area contributed by atoms with Crippen LogP contribution in [0.4, 0.5) is 0 Å². The maximum Gasteiger partial charge on any atom is 0.338 e. The van der Waals surface area contributed by atoms with Crippen LogP contribution in [-0.4, -0.2) is 38.0 Å². The number of carbonyl (C=O) groups excluding carboxylic acids is 1. The first-order valence-electron chi connectivity index (χ1n) is 13.2. The molecule has 1 aliphatic heterocycles. The topological polar surface area (TPSA) is 112 Å². The van der Waals surface area contributed by atoms with Gasteiger partial charge in [0, 0.05) is 5.56 Å². The molecule has 0 radical (unpaired) electrons. The third-order valence-electron chi connectivity index (χ3n) is 6.64. The van der Waals surface area contributed by atoms with E-state index in [0.29, 0.717) is 43.2 Å². The summed E-state index contributed by atoms with van der Waals surface area (Å²) >= 11 is 7.64. The fraction of sp³-hybridized carbons (Fsp3) is 0.188. The van der Waals surface area contributed by atoms with E-state index in [4.69, 9.17) is 40.8 Å². The number of benzene rings is 3. The normalized spacial score (nSPS) is 14.4. The fourth-order valence-electron chi connectivity index (χ4n) is 4.76. The summed E-state index contributed by atoms with van der Waals surface area (Å²) in [5, 5.41) is 9.12. The van der Waals surface area contributed by atoms with Gasteiger partial charge < -0.3 is 18.9 Å². The Balaban J connectivity index is 1.77. The Morgan fingerprint density at radius 1 is 1.12 bits per heavy atom. The maximum atomic E-state index is 14.1. The predicted molar refractivity (Wildman–Crippen MR) is 163 cm³/mol. The first-order valence-corrected chi connectivity index (χ1v) is 14.4. The van der Waals surface area contributed by atoms with Crippen LogP contribution in [0, 0.1) is 11.3 Å². The van der Waals surface area contributed by atoms with Crippen LogP contribution in [0.15, 0.2) is 82.1 Å². The van der Waals surface area contributed by atoms with Crippen molar-refractivity contribution in [3.63, 3.8) is 0 Å². The van der Waals surface area contributed by atoms with Gasteiger partial charge in [-0.3, -0.25) is 9.36 Å². The number of esters is 1. The number of aromatic nitrogens is 1. The van der Waals surface area contributed by atoms with E-state index in [2.05, 4.69) is 0 Å². The van der Waals surface area contributed by atoms with Gasteiger partial charge in [0.2, 0.25) is 0 Å². The molecule has 0 aliphatic carbocycles. The zero-order valence-electron chi connectivity index (χ0n) is 23.5. The lowest BCUT2D eigenvalue weighted by Gasteiger charge is -2.26. The van der Waals surface area contributed by atoms with E-state index in [1.54, 1.807) is 44.4 Å². The van der Waals surface area contributed by atoms with Crippen molar-refractivity contribution in [1.29, 1.82) is 5.26 Å². The molecule has 43 heavy (non-hydrogen) atoms. The van der Waals surface area contributed by atoms with Crippen LogP contribution in [0.2, 0.25) is 5.02 Å². The van der Waals surface area contributed by atoms with Crippen molar-refractivity contribution in [2.45, 2.75) is 13.0 Å². The highest BCUT2D eigenvalue weighted by atomic mass is 35.5. The molecule has 9 nitrogen and oxygen atoms in total. The van der Waals surface area contributed by atoms with Crippen LogP contribution in [-0.2, 0) is 9.53 Å². The quantitative estimate of drug-likeness (QED) is 0.255. The Kier molecular flexibility index (Phi) is 8.95. The van der Waals surface area contributed by atoms with E-state index >= 15 is 0 Å². The Morgan fingerprint density at radius 3 is 2.51 bits per heavy atom. The molecule has 0 unspecified atom stereocenters. The summed E-state index contributed by atoms with van der Waals surface area (Å²) in [6, 6.07) is 20.9. The number of nitrogens with zero attached hydrogens (tertiary/aromatic N) is 3. The van der Waals surface area contributed by atoms with Crippen LogP contribution in [0.25, 0.3) is 11.8 Å². The fourth-order valence-corrected chi connectivity index (χ4v) is 6.04. The molecule has 4 aromatic rings. The molecule has 0 N–H and O–H groups in total. The van der Waals surface area contributed by atoms with E-state index < -0.39 is 12.0 Å². The number of nitriles is 1. The zero-order chi connectivity index (χ0) is 30.5. The second-order valence-corrected chi connectivity index (χ2v) is 10.6. The summed E-state index contributed by atoms with van der Waals surface area (Å²) in [5.41, 5.74) is 2.30. The second kappa shape index (κ2) is 13.0. The number of thiazole rings is 1. The SMILES string of the molecule is CCOC(=O)C1=C(c2ccccc2)N=c2s/c(=C\c3cc(Cl)c(OCC#N)c(OC)c3)c(=O)n2[C@@H]1c1ccc(OC)cc1. The van der Waals surface area contributed by atoms with Gasteiger partial charge in [0.05, 0.1) is 47.7 Å². The molecular weight excluding hydrogens is 590 g/mol. The molecule has 5 rings (SSSR count). The molecular formula is C32H26ClN3O6S. The summed E-state index contributed by atoms with van der Waals surface area (Å²) in [4.78, 5) is 32.9. The van der Waals surface area contributed by atoms with Crippen molar-refractivity contribution < 1.29 is 23.7 Å². The van der Waals surface area contributed by atoms with E-state index in [1.165, 1.54) is 23.0 Å². The van der Waals surface area contributed by atoms with Crippen molar-refractivity contribution in [2.75, 3.05) is 27.4 Å². The average molecular weight is 616 g/mol. The van der Waals surface area contributed by atoms with Gasteiger partial charge in [0.25, 0.3) is 5.56 Å². The molecule has 1 atom stereocenters. The van der Waals surface area contributed by atoms with Crippen LogP contribution in [0.1, 0.15) is 29.7 Å². The van der Waals surface area contributed by atoms with Gasteiger partial charge >= 0.3 is 5.97 Å². The molecule has 0 spiro atoms. The number of fused-ring (bicyclic) bond motifs is 1. The number of hydrogen-bond acceptors (Lipinski definition) is 9. The average Bonchev–Trinajstić information content (AvgIpc) is 3.34. The van der Waals surface area contributed by atoms with Crippen molar-refractivity contribution in [2.24, 2.45) is 4.99 Å². The van der Waals surface area contributed by atoms with Crippen LogP contribution in [0.5, 0.6) is 17.2 Å². The number of hydrogen-bond donors (Lipinski definition) is 0. The van der Waals surface area contributed by atoms with Crippen LogP contribution < -0.4 is 29.1 Å². The molecule has 1 aliphatic rings. The third kappa shape index (κ3) is 5.91. The lowest BCUT2D eigenvalue weighted by molar-refractivity contribution is -0.138.